The van der Waals surface area contributed by atoms with Crippen molar-refractivity contribution in [1.82, 2.24) is 5.32 Å². The van der Waals surface area contributed by atoms with Crippen molar-refractivity contribution in [2.75, 3.05) is 0 Å². The third-order valence-electron chi connectivity index (χ3n) is 2.66. The molecule has 2 rings (SSSR count). The Bertz CT molecular complexity index is 369. The maximum absolute atomic E-state index is 3.24. The van der Waals surface area contributed by atoms with E-state index in [1.54, 1.807) is 0 Å². The van der Waals surface area contributed by atoms with Gasteiger partial charge in [0, 0.05) is 6.54 Å². The minimum absolute atomic E-state index is 0.229. The van der Waals surface area contributed by atoms with E-state index in [1.165, 1.54) is 16.7 Å². The van der Waals surface area contributed by atoms with Crippen LogP contribution in [-0.2, 0) is 12.0 Å². The van der Waals surface area contributed by atoms with E-state index in [1.807, 2.05) is 6.20 Å². The lowest BCUT2D eigenvalue weighted by Gasteiger charge is -2.25. The fraction of sp³-hybridized carbons (Fsp3) is 0.385. The molecule has 1 N–H and O–H groups in total. The molecule has 14 heavy (non-hydrogen) atoms. The quantitative estimate of drug-likeness (QED) is 0.658. The van der Waals surface area contributed by atoms with Gasteiger partial charge in [-0.25, -0.2) is 0 Å². The molecular formula is C13H17N. The molecule has 0 fully saturated rings. The summed E-state index contributed by atoms with van der Waals surface area (Å²) in [7, 11) is 0. The maximum Gasteiger partial charge on any atom is 0.0401 e. The average Bonchev–Trinajstić information content (AvgIpc) is 2.15. The molecule has 1 aromatic carbocycles. The second-order valence-electron chi connectivity index (χ2n) is 4.84. The van der Waals surface area contributed by atoms with Crippen LogP contribution in [0, 0.1) is 0 Å². The fourth-order valence-corrected chi connectivity index (χ4v) is 1.93. The van der Waals surface area contributed by atoms with Crippen LogP contribution in [0.5, 0.6) is 0 Å². The normalized spacial score (nSPS) is 14.8. The van der Waals surface area contributed by atoms with E-state index in [0.717, 1.165) is 6.54 Å². The van der Waals surface area contributed by atoms with E-state index in [0.29, 0.717) is 0 Å². The van der Waals surface area contributed by atoms with Crippen LogP contribution >= 0.6 is 0 Å². The zero-order valence-electron chi connectivity index (χ0n) is 9.09. The number of benzene rings is 1. The lowest BCUT2D eigenvalue weighted by molar-refractivity contribution is 0.587. The molecule has 1 heterocycles. The zero-order valence-corrected chi connectivity index (χ0v) is 9.09. The molecule has 0 atom stereocenters. The molecule has 0 bridgehead atoms. The first-order chi connectivity index (χ1) is 6.59. The van der Waals surface area contributed by atoms with E-state index in [4.69, 9.17) is 0 Å². The zero-order chi connectivity index (χ0) is 10.2. The third kappa shape index (κ3) is 1.54. The molecule has 74 valence electrons. The van der Waals surface area contributed by atoms with Crippen LogP contribution in [-0.4, -0.2) is 0 Å². The van der Waals surface area contributed by atoms with Crippen molar-refractivity contribution in [3.8, 4) is 0 Å². The van der Waals surface area contributed by atoms with Crippen molar-refractivity contribution in [2.24, 2.45) is 0 Å². The largest absolute Gasteiger partial charge is 0.387 e. The summed E-state index contributed by atoms with van der Waals surface area (Å²) in [5, 5.41) is 3.24. The summed E-state index contributed by atoms with van der Waals surface area (Å²) in [5.41, 5.74) is 4.47. The van der Waals surface area contributed by atoms with Gasteiger partial charge in [-0.15, -0.1) is 0 Å². The summed E-state index contributed by atoms with van der Waals surface area (Å²) in [4.78, 5) is 0. The standard InChI is InChI=1S/C13H17N/c1-13(2,3)12-6-4-5-10-9-14-8-7-11(10)12/h4-8,14H,9H2,1-3H3. The molecule has 0 amide bonds. The van der Waals surface area contributed by atoms with E-state index < -0.39 is 0 Å². The third-order valence-corrected chi connectivity index (χ3v) is 2.66. The van der Waals surface area contributed by atoms with Crippen LogP contribution in [0.3, 0.4) is 0 Å². The van der Waals surface area contributed by atoms with Gasteiger partial charge in [-0.2, -0.15) is 0 Å². The lowest BCUT2D eigenvalue weighted by Crippen LogP contribution is -2.18. The first-order valence-corrected chi connectivity index (χ1v) is 5.11. The molecular weight excluding hydrogens is 170 g/mol. The Morgan fingerprint density at radius 1 is 1.21 bits per heavy atom. The van der Waals surface area contributed by atoms with Gasteiger partial charge in [-0.1, -0.05) is 39.0 Å². The second kappa shape index (κ2) is 3.16. The Morgan fingerprint density at radius 3 is 2.71 bits per heavy atom. The van der Waals surface area contributed by atoms with Crippen LogP contribution in [0.25, 0.3) is 6.08 Å². The van der Waals surface area contributed by atoms with Crippen molar-refractivity contribution >= 4 is 6.08 Å². The molecule has 0 radical (unpaired) electrons. The van der Waals surface area contributed by atoms with Gasteiger partial charge < -0.3 is 5.32 Å². The van der Waals surface area contributed by atoms with Gasteiger partial charge in [0.25, 0.3) is 0 Å². The van der Waals surface area contributed by atoms with Crippen molar-refractivity contribution in [2.45, 2.75) is 32.7 Å². The number of hydrogen-bond donors (Lipinski definition) is 1. The highest BCUT2D eigenvalue weighted by molar-refractivity contribution is 5.61. The molecule has 0 saturated heterocycles. The van der Waals surface area contributed by atoms with Crippen LogP contribution in [0.15, 0.2) is 24.4 Å². The average molecular weight is 187 g/mol. The van der Waals surface area contributed by atoms with Gasteiger partial charge in [-0.05, 0) is 34.4 Å². The van der Waals surface area contributed by atoms with Crippen LogP contribution < -0.4 is 5.32 Å². The molecule has 1 aromatic rings. The Hall–Kier alpha value is -1.24. The predicted molar refractivity (Wildman–Crippen MR) is 61.0 cm³/mol. The Morgan fingerprint density at radius 2 is 2.00 bits per heavy atom. The summed E-state index contributed by atoms with van der Waals surface area (Å²) >= 11 is 0. The molecule has 1 nitrogen and oxygen atoms in total. The van der Waals surface area contributed by atoms with Crippen LogP contribution in [0.4, 0.5) is 0 Å². The van der Waals surface area contributed by atoms with Gasteiger partial charge in [0.2, 0.25) is 0 Å². The Balaban J connectivity index is 2.58. The molecule has 0 unspecified atom stereocenters. The summed E-state index contributed by atoms with van der Waals surface area (Å²) in [6, 6.07) is 6.58. The van der Waals surface area contributed by atoms with Gasteiger partial charge in [0.1, 0.15) is 0 Å². The highest BCUT2D eigenvalue weighted by atomic mass is 14.8. The smallest absolute Gasteiger partial charge is 0.0401 e. The molecule has 0 aliphatic carbocycles. The molecule has 0 aromatic heterocycles. The number of fused-ring (bicyclic) bond motifs is 1. The first-order valence-electron chi connectivity index (χ1n) is 5.11. The SMILES string of the molecule is CC(C)(C)c1cccc2c1C=CNC2. The first kappa shape index (κ1) is 9.32. The highest BCUT2D eigenvalue weighted by Gasteiger charge is 2.19. The van der Waals surface area contributed by atoms with Crippen molar-refractivity contribution in [3.63, 3.8) is 0 Å². The van der Waals surface area contributed by atoms with Crippen molar-refractivity contribution < 1.29 is 0 Å². The van der Waals surface area contributed by atoms with Crippen molar-refractivity contribution in [1.29, 1.82) is 0 Å². The lowest BCUT2D eigenvalue weighted by atomic mass is 9.81. The fourth-order valence-electron chi connectivity index (χ4n) is 1.93. The molecule has 0 saturated carbocycles. The molecule has 0 spiro atoms. The molecule has 1 aliphatic rings. The highest BCUT2D eigenvalue weighted by Crippen LogP contribution is 2.29. The summed E-state index contributed by atoms with van der Waals surface area (Å²) in [6.07, 6.45) is 4.22. The summed E-state index contributed by atoms with van der Waals surface area (Å²) in [5.74, 6) is 0. The van der Waals surface area contributed by atoms with E-state index in [9.17, 15) is 0 Å². The Kier molecular flexibility index (Phi) is 2.10. The van der Waals surface area contributed by atoms with Crippen LogP contribution in [0.1, 0.15) is 37.5 Å². The van der Waals surface area contributed by atoms with E-state index >= 15 is 0 Å². The Labute approximate surface area is 85.8 Å². The van der Waals surface area contributed by atoms with Gasteiger partial charge >= 0.3 is 0 Å². The monoisotopic (exact) mass is 187 g/mol. The number of rotatable bonds is 0. The number of nitrogens with one attached hydrogen (secondary N) is 1. The molecule has 1 heteroatoms. The minimum Gasteiger partial charge on any atom is -0.387 e. The summed E-state index contributed by atoms with van der Waals surface area (Å²) in [6.45, 7) is 7.74. The molecule has 1 aliphatic heterocycles. The van der Waals surface area contributed by atoms with E-state index in [-0.39, 0.29) is 5.41 Å². The van der Waals surface area contributed by atoms with Gasteiger partial charge in [0.15, 0.2) is 0 Å². The maximum atomic E-state index is 3.24. The second-order valence-corrected chi connectivity index (χ2v) is 4.84. The predicted octanol–water partition coefficient (Wildman–Crippen LogP) is 3.06. The van der Waals surface area contributed by atoms with Crippen LogP contribution in [0.2, 0.25) is 0 Å². The summed E-state index contributed by atoms with van der Waals surface area (Å²) < 4.78 is 0. The van der Waals surface area contributed by atoms with Gasteiger partial charge in [-0.3, -0.25) is 0 Å². The van der Waals surface area contributed by atoms with Gasteiger partial charge in [0.05, 0.1) is 0 Å². The van der Waals surface area contributed by atoms with E-state index in [2.05, 4.69) is 50.4 Å². The van der Waals surface area contributed by atoms with Crippen molar-refractivity contribution in [3.05, 3.63) is 41.1 Å². The number of hydrogen-bond acceptors (Lipinski definition) is 1. The minimum atomic E-state index is 0.229. The topological polar surface area (TPSA) is 12.0 Å².